The van der Waals surface area contributed by atoms with Crippen LogP contribution in [0.2, 0.25) is 20.1 Å². The van der Waals surface area contributed by atoms with E-state index in [-0.39, 0.29) is 97.2 Å². The summed E-state index contributed by atoms with van der Waals surface area (Å²) in [4.78, 5) is 88.5. The molecule has 0 aliphatic carbocycles. The summed E-state index contributed by atoms with van der Waals surface area (Å²) >= 11 is 23.3. The summed E-state index contributed by atoms with van der Waals surface area (Å²) in [6.07, 6.45) is 8.65. The fourth-order valence-electron chi connectivity index (χ4n) is 5.93. The number of hydrogen-bond donors (Lipinski definition) is 3. The Morgan fingerprint density at radius 2 is 1.10 bits per heavy atom. The number of nitrogens with one attached hydrogen (secondary N) is 2. The number of hydrogen-bond acceptors (Lipinski definition) is 11. The first-order valence-corrected chi connectivity index (χ1v) is 27.9. The molecule has 448 valence electrons. The van der Waals surface area contributed by atoms with E-state index in [1.807, 2.05) is 41.5 Å². The Hall–Kier alpha value is -5.74. The van der Waals surface area contributed by atoms with Crippen LogP contribution in [0.1, 0.15) is 136 Å². The Kier molecular flexibility index (Phi) is 39.0. The first kappa shape index (κ1) is 83.3. The molecule has 3 aromatic heterocycles. The van der Waals surface area contributed by atoms with Crippen LogP contribution < -0.4 is 72.9 Å². The van der Waals surface area contributed by atoms with Gasteiger partial charge in [-0.2, -0.15) is 42.3 Å². The number of aryl methyl sites for hydroxylation is 2. The number of nitrogens with zero attached hydrogens (tertiary/aromatic N) is 5. The maximum atomic E-state index is 12.6. The van der Waals surface area contributed by atoms with E-state index >= 15 is 0 Å². The zero-order valence-corrected chi connectivity index (χ0v) is 56.1. The number of benzene rings is 4. The van der Waals surface area contributed by atoms with Gasteiger partial charge in [-0.3, -0.25) is 49.4 Å². The number of nitrogen functional groups attached to an aromatic ring is 1. The van der Waals surface area contributed by atoms with Gasteiger partial charge in [-0.05, 0) is 111 Å². The predicted molar refractivity (Wildman–Crippen MR) is 341 cm³/mol. The monoisotopic (exact) mass is 1240 g/mol. The molecule has 0 unspecified atom stereocenters. The van der Waals surface area contributed by atoms with Gasteiger partial charge in [0.2, 0.25) is 11.8 Å². The van der Waals surface area contributed by atoms with E-state index in [1.54, 1.807) is 176 Å². The molecule has 3 heterocycles. The molecular weight excluding hydrogens is 1170 g/mol. The molecule has 22 heteroatoms. The van der Waals surface area contributed by atoms with E-state index in [0.717, 1.165) is 12.1 Å². The van der Waals surface area contributed by atoms with E-state index in [4.69, 9.17) is 57.0 Å². The number of aromatic nitrogens is 3. The number of carbonyl (C=O) groups excluding carboxylic acids is 6. The molecule has 0 bridgehead atoms. The van der Waals surface area contributed by atoms with Gasteiger partial charge in [0.05, 0.1) is 30.0 Å². The van der Waals surface area contributed by atoms with Crippen molar-refractivity contribution in [2.75, 3.05) is 30.5 Å². The SMILES string of the molecule is CC(C)(C)C(=O)Nc1ccc(Cl)cc1.CC(C)(C)C(=O)Nc1ccc(Cl)cc1C(=O)c1cccnc1.CC(C)(C)C(=O)[N-]c1[c-]cc(Cl)cc1.CON(C)C(=O)c1cccnc1C.Cc1ncccc1C(=O)c1cc(Cl)ccc1N.[CH2-]CCC.[Li+].[Li+].[Li+]. The topological polar surface area (TPSA) is 218 Å². The van der Waals surface area contributed by atoms with Crippen molar-refractivity contribution in [2.24, 2.45) is 16.2 Å². The molecule has 0 aliphatic rings. The number of unbranched alkanes of at least 4 members (excludes halogenated alkanes) is 1. The summed E-state index contributed by atoms with van der Waals surface area (Å²) in [5.41, 5.74) is 10.2. The zero-order valence-electron chi connectivity index (χ0n) is 53.1. The summed E-state index contributed by atoms with van der Waals surface area (Å²) < 4.78 is 0. The van der Waals surface area contributed by atoms with Crippen LogP contribution in [0.25, 0.3) is 5.32 Å². The maximum Gasteiger partial charge on any atom is 1.00 e. The molecule has 4 aromatic carbocycles. The summed E-state index contributed by atoms with van der Waals surface area (Å²) in [6.45, 7) is 25.8. The van der Waals surface area contributed by atoms with Crippen LogP contribution in [0.5, 0.6) is 0 Å². The summed E-state index contributed by atoms with van der Waals surface area (Å²) in [7, 11) is 3.01. The molecule has 4 N–H and O–H groups in total. The second-order valence-electron chi connectivity index (χ2n) is 21.4. The van der Waals surface area contributed by atoms with Crippen LogP contribution in [-0.4, -0.2) is 69.4 Å². The number of halogens is 4. The number of rotatable bonds is 10. The van der Waals surface area contributed by atoms with E-state index in [1.165, 1.54) is 24.8 Å². The molecular formula is C65H75Cl4Li3N8O7. The molecule has 4 amide bonds. The minimum atomic E-state index is -0.561. The zero-order chi connectivity index (χ0) is 63.5. The normalized spacial score (nSPS) is 10.2. The van der Waals surface area contributed by atoms with Gasteiger partial charge < -0.3 is 33.4 Å². The largest absolute Gasteiger partial charge is 1.00 e. The molecule has 0 aliphatic heterocycles. The minimum absolute atomic E-state index is 0. The van der Waals surface area contributed by atoms with Crippen molar-refractivity contribution in [1.29, 1.82) is 0 Å². The van der Waals surface area contributed by atoms with E-state index in [9.17, 15) is 28.8 Å². The fourth-order valence-corrected chi connectivity index (χ4v) is 6.52. The molecule has 0 spiro atoms. The van der Waals surface area contributed by atoms with Crippen molar-refractivity contribution in [3.05, 3.63) is 218 Å². The van der Waals surface area contributed by atoms with Crippen molar-refractivity contribution in [2.45, 2.75) is 95.9 Å². The standard InChI is InChI=1S/C17H17ClN2O2.C13H11ClN2O.C11H14ClNO.C11H13ClNO.C9H12N2O2.C4H9.3Li/c1-17(2,3)16(22)20-14-7-6-12(18)9-13(14)15(21)11-5-4-8-19-10-11;1-8-10(3-2-6-16-8)13(17)11-7-9(14)4-5-12(11)15;2*1-11(2,3)10(14)13-9-6-4-8(12)5-7-9;1-7-8(5-4-6-10-7)9(12)11(2)13-3;1-3-4-2;;;/h4-10H,1-3H3,(H,20,22);2-7H,15H2,1H3;4-7H,1-3H3,(H,13,14);4-6H,1-3H3,(H,13,14);4-6H,1-3H3;1,3-4H2,2H3;;;/q;;;-1;;-1;3*+1/p-1. The minimum Gasteiger partial charge on any atom is -0.648 e. The number of ketones is 2. The van der Waals surface area contributed by atoms with Gasteiger partial charge in [0.1, 0.15) is 0 Å². The number of anilines is 3. The van der Waals surface area contributed by atoms with Crippen molar-refractivity contribution >= 4 is 104 Å². The number of nitrogens with two attached hydrogens (primary N) is 1. The van der Waals surface area contributed by atoms with Gasteiger partial charge in [0.15, 0.2) is 11.6 Å². The van der Waals surface area contributed by atoms with Crippen LogP contribution in [-0.2, 0) is 19.2 Å². The smallest absolute Gasteiger partial charge is 0.648 e. The van der Waals surface area contributed by atoms with Crippen molar-refractivity contribution in [3.63, 3.8) is 0 Å². The Morgan fingerprint density at radius 3 is 1.56 bits per heavy atom. The summed E-state index contributed by atoms with van der Waals surface area (Å²) in [5, 5.41) is 12.9. The maximum absolute atomic E-state index is 12.6. The summed E-state index contributed by atoms with van der Waals surface area (Å²) in [5.74, 6) is -0.908. The quantitative estimate of drug-likeness (QED) is 0.0400. The van der Waals surface area contributed by atoms with Gasteiger partial charge in [-0.1, -0.05) is 115 Å². The average Bonchev–Trinajstić information content (AvgIpc) is 2.80. The predicted octanol–water partition coefficient (Wildman–Crippen LogP) is 7.51. The first-order valence-electron chi connectivity index (χ1n) is 26.4. The molecule has 7 aromatic rings. The fraction of sp³-hybridized carbons (Fsp3) is 0.292. The van der Waals surface area contributed by atoms with Crippen LogP contribution in [0, 0.1) is 43.1 Å². The van der Waals surface area contributed by atoms with E-state index in [2.05, 4.69) is 50.8 Å². The Bertz CT molecular complexity index is 3220. The first-order chi connectivity index (χ1) is 39.2. The molecule has 0 atom stereocenters. The van der Waals surface area contributed by atoms with Crippen LogP contribution in [0.3, 0.4) is 0 Å². The van der Waals surface area contributed by atoms with Gasteiger partial charge in [-0.25, -0.2) is 5.06 Å². The van der Waals surface area contributed by atoms with E-state index < -0.39 is 10.8 Å². The van der Waals surface area contributed by atoms with E-state index in [0.29, 0.717) is 76.4 Å². The Labute approximate surface area is 570 Å². The average molecular weight is 1240 g/mol. The number of hydroxylamine groups is 2. The van der Waals surface area contributed by atoms with Crippen LogP contribution in [0.15, 0.2) is 140 Å². The second kappa shape index (κ2) is 40.7. The molecule has 0 saturated heterocycles. The third-order valence-electron chi connectivity index (χ3n) is 11.1. The van der Waals surface area contributed by atoms with Crippen molar-refractivity contribution < 1.29 is 90.2 Å². The van der Waals surface area contributed by atoms with Gasteiger partial charge in [-0.15, -0.1) is 0 Å². The van der Waals surface area contributed by atoms with Gasteiger partial charge in [0.25, 0.3) is 5.91 Å². The number of pyridine rings is 3. The molecule has 15 nitrogen and oxygen atoms in total. The molecule has 0 fully saturated rings. The van der Waals surface area contributed by atoms with Crippen molar-refractivity contribution in [1.82, 2.24) is 20.0 Å². The van der Waals surface area contributed by atoms with Gasteiger partial charge in [0, 0.05) is 102 Å². The molecule has 7 rings (SSSR count). The third kappa shape index (κ3) is 30.4. The number of amides is 4. The molecule has 0 saturated carbocycles. The third-order valence-corrected chi connectivity index (χ3v) is 12.1. The Balaban J connectivity index is 0. The number of carbonyl (C=O) groups is 6. The molecule has 0 radical (unpaired) electrons. The molecule has 87 heavy (non-hydrogen) atoms. The van der Waals surface area contributed by atoms with Crippen LogP contribution in [0.4, 0.5) is 22.7 Å². The Morgan fingerprint density at radius 1 is 0.621 bits per heavy atom. The van der Waals surface area contributed by atoms with Crippen molar-refractivity contribution in [3.8, 4) is 0 Å². The van der Waals surface area contributed by atoms with Crippen LogP contribution >= 0.6 is 46.4 Å². The second-order valence-corrected chi connectivity index (χ2v) is 23.2. The van der Waals surface area contributed by atoms with Gasteiger partial charge >= 0.3 is 56.6 Å². The summed E-state index contributed by atoms with van der Waals surface area (Å²) in [6, 6.07) is 34.8.